The van der Waals surface area contributed by atoms with Gasteiger partial charge in [0.1, 0.15) is 11.6 Å². The second-order valence-corrected chi connectivity index (χ2v) is 4.61. The number of benzene rings is 2. The van der Waals surface area contributed by atoms with Crippen LogP contribution in [0.25, 0.3) is 22.4 Å². The van der Waals surface area contributed by atoms with Crippen LogP contribution in [0, 0.1) is 17.5 Å². The van der Waals surface area contributed by atoms with E-state index in [1.165, 1.54) is 6.07 Å². The maximum atomic E-state index is 13.9. The van der Waals surface area contributed by atoms with E-state index in [4.69, 9.17) is 5.73 Å². The fourth-order valence-electron chi connectivity index (χ4n) is 2.32. The summed E-state index contributed by atoms with van der Waals surface area (Å²) in [5.41, 5.74) is 6.47. The van der Waals surface area contributed by atoms with Crippen molar-refractivity contribution in [2.75, 3.05) is 6.54 Å². The smallest absolute Gasteiger partial charge is 0.161 e. The maximum Gasteiger partial charge on any atom is 0.161 e. The van der Waals surface area contributed by atoms with Gasteiger partial charge >= 0.3 is 0 Å². The summed E-state index contributed by atoms with van der Waals surface area (Å²) in [5, 5.41) is 0. The first-order valence-electron chi connectivity index (χ1n) is 6.42. The summed E-state index contributed by atoms with van der Waals surface area (Å²) in [5.74, 6) is -2.11. The number of nitrogens with zero attached hydrogens (tertiary/aromatic N) is 2. The molecule has 3 nitrogen and oxygen atoms in total. The van der Waals surface area contributed by atoms with Crippen molar-refractivity contribution in [2.24, 2.45) is 5.73 Å². The van der Waals surface area contributed by atoms with E-state index in [2.05, 4.69) is 4.98 Å². The van der Waals surface area contributed by atoms with Gasteiger partial charge in [-0.1, -0.05) is 12.1 Å². The molecule has 2 N–H and O–H groups in total. The van der Waals surface area contributed by atoms with Crippen molar-refractivity contribution in [1.82, 2.24) is 9.55 Å². The normalized spacial score (nSPS) is 11.2. The standard InChI is InChI=1S/C15H12F3N3/c16-10-4-2-1-3-9(10)15-20-13-7-11(17)12(18)8-14(13)21(15)6-5-19/h1-4,7-8H,5-6,19H2. The molecule has 108 valence electrons. The topological polar surface area (TPSA) is 43.8 Å². The minimum absolute atomic E-state index is 0.264. The molecule has 2 aromatic carbocycles. The summed E-state index contributed by atoms with van der Waals surface area (Å²) in [7, 11) is 0. The molecule has 0 saturated heterocycles. The van der Waals surface area contributed by atoms with Gasteiger partial charge in [0.25, 0.3) is 0 Å². The van der Waals surface area contributed by atoms with Crippen LogP contribution in [0.2, 0.25) is 0 Å². The summed E-state index contributed by atoms with van der Waals surface area (Å²) in [6.07, 6.45) is 0. The first-order valence-corrected chi connectivity index (χ1v) is 6.42. The van der Waals surface area contributed by atoms with E-state index in [9.17, 15) is 13.2 Å². The Kier molecular flexibility index (Phi) is 3.39. The Bertz CT molecular complexity index is 811. The number of hydrogen-bond acceptors (Lipinski definition) is 2. The third kappa shape index (κ3) is 2.27. The fraction of sp³-hybridized carbons (Fsp3) is 0.133. The molecular weight excluding hydrogens is 279 g/mol. The molecule has 1 heterocycles. The van der Waals surface area contributed by atoms with Crippen molar-refractivity contribution in [3.8, 4) is 11.4 Å². The fourth-order valence-corrected chi connectivity index (χ4v) is 2.32. The third-order valence-corrected chi connectivity index (χ3v) is 3.26. The number of halogens is 3. The van der Waals surface area contributed by atoms with Gasteiger partial charge < -0.3 is 10.3 Å². The highest BCUT2D eigenvalue weighted by Gasteiger charge is 2.17. The van der Waals surface area contributed by atoms with Gasteiger partial charge in [0.05, 0.1) is 16.6 Å². The molecule has 0 aliphatic rings. The van der Waals surface area contributed by atoms with Gasteiger partial charge in [-0.05, 0) is 12.1 Å². The molecule has 0 spiro atoms. The quantitative estimate of drug-likeness (QED) is 0.806. The minimum Gasteiger partial charge on any atom is -0.329 e. The molecule has 0 bridgehead atoms. The summed E-state index contributed by atoms with van der Waals surface area (Å²) >= 11 is 0. The first-order chi connectivity index (χ1) is 10.1. The zero-order valence-electron chi connectivity index (χ0n) is 11.0. The second kappa shape index (κ2) is 5.21. The molecule has 0 aliphatic carbocycles. The average Bonchev–Trinajstić information content (AvgIpc) is 2.79. The van der Waals surface area contributed by atoms with E-state index in [0.29, 0.717) is 17.9 Å². The van der Waals surface area contributed by atoms with Crippen molar-refractivity contribution in [3.05, 3.63) is 53.8 Å². The maximum absolute atomic E-state index is 13.9. The van der Waals surface area contributed by atoms with Gasteiger partial charge in [-0.15, -0.1) is 0 Å². The number of imidazole rings is 1. The highest BCUT2D eigenvalue weighted by molar-refractivity contribution is 5.81. The van der Waals surface area contributed by atoms with Crippen LogP contribution >= 0.6 is 0 Å². The van der Waals surface area contributed by atoms with E-state index < -0.39 is 17.5 Å². The van der Waals surface area contributed by atoms with E-state index in [0.717, 1.165) is 12.1 Å². The molecule has 3 rings (SSSR count). The van der Waals surface area contributed by atoms with Crippen molar-refractivity contribution < 1.29 is 13.2 Å². The lowest BCUT2D eigenvalue weighted by molar-refractivity contribution is 0.510. The Hall–Kier alpha value is -2.34. The lowest BCUT2D eigenvalue weighted by atomic mass is 10.2. The molecule has 1 aromatic heterocycles. The molecular formula is C15H12F3N3. The van der Waals surface area contributed by atoms with Crippen molar-refractivity contribution in [2.45, 2.75) is 6.54 Å². The summed E-state index contributed by atoms with van der Waals surface area (Å²) in [4.78, 5) is 4.23. The Labute approximate surface area is 118 Å². The van der Waals surface area contributed by atoms with E-state index >= 15 is 0 Å². The van der Waals surface area contributed by atoms with Gasteiger partial charge in [-0.25, -0.2) is 18.2 Å². The van der Waals surface area contributed by atoms with Gasteiger partial charge in [-0.2, -0.15) is 0 Å². The van der Waals surface area contributed by atoms with Crippen LogP contribution in [0.1, 0.15) is 0 Å². The lowest BCUT2D eigenvalue weighted by Gasteiger charge is -2.08. The summed E-state index contributed by atoms with van der Waals surface area (Å²) in [6.45, 7) is 0.594. The predicted molar refractivity (Wildman–Crippen MR) is 74.1 cm³/mol. The van der Waals surface area contributed by atoms with Gasteiger partial charge in [-0.3, -0.25) is 0 Å². The lowest BCUT2D eigenvalue weighted by Crippen LogP contribution is -2.11. The van der Waals surface area contributed by atoms with Crippen LogP contribution in [0.5, 0.6) is 0 Å². The summed E-state index contributed by atoms with van der Waals surface area (Å²) in [6, 6.07) is 8.17. The van der Waals surface area contributed by atoms with Crippen LogP contribution in [0.4, 0.5) is 13.2 Å². The molecule has 0 atom stereocenters. The largest absolute Gasteiger partial charge is 0.329 e. The Morgan fingerprint density at radius 1 is 1.00 bits per heavy atom. The van der Waals surface area contributed by atoms with Crippen LogP contribution in [0.3, 0.4) is 0 Å². The Morgan fingerprint density at radius 2 is 1.71 bits per heavy atom. The molecule has 21 heavy (non-hydrogen) atoms. The molecule has 3 aromatic rings. The molecule has 0 unspecified atom stereocenters. The molecule has 6 heteroatoms. The minimum atomic E-state index is -0.986. The molecule has 0 aliphatic heterocycles. The van der Waals surface area contributed by atoms with E-state index in [1.807, 2.05) is 0 Å². The predicted octanol–water partition coefficient (Wildman–Crippen LogP) is 3.08. The molecule has 0 saturated carbocycles. The number of aromatic nitrogens is 2. The van der Waals surface area contributed by atoms with Crippen LogP contribution in [-0.2, 0) is 6.54 Å². The molecule has 0 radical (unpaired) electrons. The average molecular weight is 291 g/mol. The Morgan fingerprint density at radius 3 is 2.43 bits per heavy atom. The number of hydrogen-bond donors (Lipinski definition) is 1. The van der Waals surface area contributed by atoms with Gasteiger partial charge in [0.2, 0.25) is 0 Å². The van der Waals surface area contributed by atoms with Crippen LogP contribution in [0.15, 0.2) is 36.4 Å². The van der Waals surface area contributed by atoms with Crippen LogP contribution in [-0.4, -0.2) is 16.1 Å². The SMILES string of the molecule is NCCn1c(-c2ccccc2F)nc2cc(F)c(F)cc21. The number of nitrogens with two attached hydrogens (primary N) is 1. The molecule has 0 amide bonds. The Balaban J connectivity index is 2.32. The van der Waals surface area contributed by atoms with Crippen molar-refractivity contribution >= 4 is 11.0 Å². The summed E-state index contributed by atoms with van der Waals surface area (Å²) < 4.78 is 42.3. The highest BCUT2D eigenvalue weighted by atomic mass is 19.2. The first kappa shape index (κ1) is 13.6. The highest BCUT2D eigenvalue weighted by Crippen LogP contribution is 2.27. The zero-order chi connectivity index (χ0) is 15.0. The van der Waals surface area contributed by atoms with Gasteiger partial charge in [0.15, 0.2) is 11.6 Å². The van der Waals surface area contributed by atoms with Gasteiger partial charge in [0, 0.05) is 25.2 Å². The van der Waals surface area contributed by atoms with Crippen molar-refractivity contribution in [1.29, 1.82) is 0 Å². The number of fused-ring (bicyclic) bond motifs is 1. The number of rotatable bonds is 3. The third-order valence-electron chi connectivity index (χ3n) is 3.26. The monoisotopic (exact) mass is 291 g/mol. The van der Waals surface area contributed by atoms with Crippen molar-refractivity contribution in [3.63, 3.8) is 0 Å². The molecule has 0 fully saturated rings. The van der Waals surface area contributed by atoms with E-state index in [1.54, 1.807) is 22.8 Å². The van der Waals surface area contributed by atoms with E-state index in [-0.39, 0.29) is 17.6 Å². The zero-order valence-corrected chi connectivity index (χ0v) is 11.0. The second-order valence-electron chi connectivity index (χ2n) is 4.61. The van der Waals surface area contributed by atoms with Crippen LogP contribution < -0.4 is 5.73 Å².